The van der Waals surface area contributed by atoms with Gasteiger partial charge in [-0.15, -0.1) is 0 Å². The first-order valence-electron chi connectivity index (χ1n) is 9.48. The maximum Gasteiger partial charge on any atom is 0.254 e. The summed E-state index contributed by atoms with van der Waals surface area (Å²) in [5.74, 6) is 0.745. The predicted molar refractivity (Wildman–Crippen MR) is 103 cm³/mol. The first-order valence-corrected chi connectivity index (χ1v) is 9.48. The molecule has 0 bridgehead atoms. The number of hydrogen-bond acceptors (Lipinski definition) is 4. The van der Waals surface area contributed by atoms with Crippen molar-refractivity contribution in [3.05, 3.63) is 47.3 Å². The minimum absolute atomic E-state index is 0.0611. The van der Waals surface area contributed by atoms with Crippen LogP contribution in [0.25, 0.3) is 0 Å². The third-order valence-corrected chi connectivity index (χ3v) is 5.02. The number of aryl methyl sites for hydroxylation is 1. The molecule has 2 aromatic rings. The van der Waals surface area contributed by atoms with Gasteiger partial charge in [-0.2, -0.15) is 10.4 Å². The third-order valence-electron chi connectivity index (χ3n) is 5.02. The maximum absolute atomic E-state index is 12.4. The summed E-state index contributed by atoms with van der Waals surface area (Å²) in [6, 6.07) is 8.15. The number of nitrogens with zero attached hydrogens (tertiary/aromatic N) is 3. The number of carbonyl (C=O) groups excluding carboxylic acids is 1. The van der Waals surface area contributed by atoms with Gasteiger partial charge < -0.3 is 10.1 Å². The lowest BCUT2D eigenvalue weighted by Gasteiger charge is -2.29. The average molecular weight is 366 g/mol. The molecule has 0 spiro atoms. The lowest BCUT2D eigenvalue weighted by molar-refractivity contribution is 0.0893. The smallest absolute Gasteiger partial charge is 0.254 e. The van der Waals surface area contributed by atoms with Crippen molar-refractivity contribution in [1.29, 1.82) is 5.26 Å². The number of nitriles is 1. The minimum atomic E-state index is -0.0611. The molecule has 3 rings (SSSR count). The predicted octanol–water partition coefficient (Wildman–Crippen LogP) is 3.76. The molecule has 1 heterocycles. The van der Waals surface area contributed by atoms with Gasteiger partial charge in [0.2, 0.25) is 0 Å². The van der Waals surface area contributed by atoms with Crippen LogP contribution in [0.4, 0.5) is 0 Å². The number of ether oxygens (including phenoxy) is 1. The zero-order valence-corrected chi connectivity index (χ0v) is 16.1. The van der Waals surface area contributed by atoms with Crippen molar-refractivity contribution in [2.45, 2.75) is 64.6 Å². The minimum Gasteiger partial charge on any atom is -0.490 e. The Bertz CT molecular complexity index is 842. The summed E-state index contributed by atoms with van der Waals surface area (Å²) in [5.41, 5.74) is 2.21. The van der Waals surface area contributed by atoms with Gasteiger partial charge >= 0.3 is 0 Å². The quantitative estimate of drug-likeness (QED) is 0.874. The molecule has 1 fully saturated rings. The lowest BCUT2D eigenvalue weighted by Crippen LogP contribution is -2.39. The molecule has 1 aliphatic carbocycles. The Labute approximate surface area is 160 Å². The van der Waals surface area contributed by atoms with Gasteiger partial charge in [0, 0.05) is 18.3 Å². The lowest BCUT2D eigenvalue weighted by atomic mass is 9.92. The van der Waals surface area contributed by atoms with Crippen LogP contribution >= 0.6 is 0 Å². The zero-order valence-electron chi connectivity index (χ0n) is 16.1. The highest BCUT2D eigenvalue weighted by molar-refractivity contribution is 5.93. The third kappa shape index (κ3) is 4.68. The van der Waals surface area contributed by atoms with Crippen LogP contribution in [0.5, 0.6) is 5.75 Å². The second-order valence-corrected chi connectivity index (χ2v) is 7.46. The summed E-state index contributed by atoms with van der Waals surface area (Å²) >= 11 is 0. The van der Waals surface area contributed by atoms with Crippen LogP contribution in [0.3, 0.4) is 0 Å². The molecule has 1 saturated carbocycles. The van der Waals surface area contributed by atoms with Crippen LogP contribution < -0.4 is 10.1 Å². The first kappa shape index (κ1) is 19.0. The maximum atomic E-state index is 12.4. The summed E-state index contributed by atoms with van der Waals surface area (Å²) in [6.07, 6.45) is 7.15. The highest BCUT2D eigenvalue weighted by atomic mass is 16.5. The van der Waals surface area contributed by atoms with Gasteiger partial charge in [-0.25, -0.2) is 0 Å². The number of rotatable bonds is 5. The van der Waals surface area contributed by atoms with Gasteiger partial charge in [0.05, 0.1) is 29.5 Å². The first-order chi connectivity index (χ1) is 13.0. The van der Waals surface area contributed by atoms with E-state index >= 15 is 0 Å². The SMILES string of the molecule is Cc1cc(OC2CCC(NC(=O)c3cnn(C(C)C)c3)CC2)ccc1C#N. The summed E-state index contributed by atoms with van der Waals surface area (Å²) in [5, 5.41) is 16.3. The van der Waals surface area contributed by atoms with Crippen molar-refractivity contribution in [3.63, 3.8) is 0 Å². The van der Waals surface area contributed by atoms with E-state index in [1.54, 1.807) is 23.1 Å². The summed E-state index contributed by atoms with van der Waals surface area (Å²) in [7, 11) is 0. The monoisotopic (exact) mass is 366 g/mol. The second kappa shape index (κ2) is 8.26. The van der Waals surface area contributed by atoms with Crippen LogP contribution in [0.2, 0.25) is 0 Å². The Morgan fingerprint density at radius 2 is 2.07 bits per heavy atom. The Kier molecular flexibility index (Phi) is 5.80. The fraction of sp³-hybridized carbons (Fsp3) is 0.476. The van der Waals surface area contributed by atoms with Crippen LogP contribution in [0.15, 0.2) is 30.6 Å². The van der Waals surface area contributed by atoms with E-state index in [0.29, 0.717) is 11.1 Å². The van der Waals surface area contributed by atoms with E-state index in [4.69, 9.17) is 10.00 Å². The zero-order chi connectivity index (χ0) is 19.4. The van der Waals surface area contributed by atoms with Crippen LogP contribution in [-0.2, 0) is 0 Å². The Morgan fingerprint density at radius 1 is 1.33 bits per heavy atom. The van der Waals surface area contributed by atoms with Crippen LogP contribution in [-0.4, -0.2) is 27.8 Å². The average Bonchev–Trinajstić information content (AvgIpc) is 3.14. The van der Waals surface area contributed by atoms with Crippen molar-refractivity contribution >= 4 is 5.91 Å². The number of amides is 1. The van der Waals surface area contributed by atoms with Gasteiger partial charge in [0.1, 0.15) is 5.75 Å². The van der Waals surface area contributed by atoms with Crippen molar-refractivity contribution < 1.29 is 9.53 Å². The molecule has 1 N–H and O–H groups in total. The molecule has 1 amide bonds. The molecule has 1 aliphatic rings. The Hall–Kier alpha value is -2.81. The highest BCUT2D eigenvalue weighted by Crippen LogP contribution is 2.25. The molecule has 0 aliphatic heterocycles. The summed E-state index contributed by atoms with van der Waals surface area (Å²) in [4.78, 5) is 12.4. The van der Waals surface area contributed by atoms with E-state index in [9.17, 15) is 4.79 Å². The van der Waals surface area contributed by atoms with Crippen molar-refractivity contribution in [1.82, 2.24) is 15.1 Å². The highest BCUT2D eigenvalue weighted by Gasteiger charge is 2.24. The Balaban J connectivity index is 1.49. The second-order valence-electron chi connectivity index (χ2n) is 7.46. The van der Waals surface area contributed by atoms with E-state index in [1.807, 2.05) is 32.9 Å². The van der Waals surface area contributed by atoms with Crippen molar-refractivity contribution in [3.8, 4) is 11.8 Å². The van der Waals surface area contributed by atoms with Gasteiger partial charge in [0.15, 0.2) is 0 Å². The number of carbonyl (C=O) groups is 1. The van der Waals surface area contributed by atoms with E-state index < -0.39 is 0 Å². The number of nitrogens with one attached hydrogen (secondary N) is 1. The van der Waals surface area contributed by atoms with Gasteiger partial charge in [0.25, 0.3) is 5.91 Å². The van der Waals surface area contributed by atoms with E-state index in [-0.39, 0.29) is 24.1 Å². The molecule has 0 saturated heterocycles. The molecular weight excluding hydrogens is 340 g/mol. The molecule has 1 aromatic heterocycles. The van der Waals surface area contributed by atoms with Gasteiger partial charge in [-0.3, -0.25) is 9.48 Å². The van der Waals surface area contributed by atoms with Crippen LogP contribution in [0, 0.1) is 18.3 Å². The molecule has 142 valence electrons. The largest absolute Gasteiger partial charge is 0.490 e. The summed E-state index contributed by atoms with van der Waals surface area (Å²) < 4.78 is 7.86. The number of hydrogen-bond donors (Lipinski definition) is 1. The fourth-order valence-corrected chi connectivity index (χ4v) is 3.36. The van der Waals surface area contributed by atoms with Crippen LogP contribution in [0.1, 0.15) is 67.1 Å². The number of benzene rings is 1. The molecule has 1 aromatic carbocycles. The molecule has 0 unspecified atom stereocenters. The molecule has 0 radical (unpaired) electrons. The Morgan fingerprint density at radius 3 is 2.67 bits per heavy atom. The molecule has 6 nitrogen and oxygen atoms in total. The molecular formula is C21H26N4O2. The van der Waals surface area contributed by atoms with Gasteiger partial charge in [-0.1, -0.05) is 0 Å². The number of aromatic nitrogens is 2. The van der Waals surface area contributed by atoms with Crippen molar-refractivity contribution in [2.75, 3.05) is 0 Å². The topological polar surface area (TPSA) is 79.9 Å². The standard InChI is InChI=1S/C21H26N4O2/c1-14(2)25-13-17(12-23-25)21(26)24-18-5-8-19(9-6-18)27-20-7-4-16(11-22)15(3)10-20/h4,7,10,12-14,18-19H,5-6,8-9H2,1-3H3,(H,24,26). The van der Waals surface area contributed by atoms with Gasteiger partial charge in [-0.05, 0) is 70.2 Å². The molecule has 27 heavy (non-hydrogen) atoms. The fourth-order valence-electron chi connectivity index (χ4n) is 3.36. The normalized spacial score (nSPS) is 19.5. The van der Waals surface area contributed by atoms with Crippen molar-refractivity contribution in [2.24, 2.45) is 0 Å². The molecule has 6 heteroatoms. The van der Waals surface area contributed by atoms with E-state index in [1.165, 1.54) is 0 Å². The molecule has 0 atom stereocenters. The summed E-state index contributed by atoms with van der Waals surface area (Å²) in [6.45, 7) is 5.98. The van der Waals surface area contributed by atoms with E-state index in [2.05, 4.69) is 16.5 Å². The van der Waals surface area contributed by atoms with E-state index in [0.717, 1.165) is 37.0 Å².